The first-order chi connectivity index (χ1) is 8.00. The van der Waals surface area contributed by atoms with E-state index in [0.29, 0.717) is 6.04 Å². The van der Waals surface area contributed by atoms with Crippen molar-refractivity contribution in [2.45, 2.75) is 26.4 Å². The van der Waals surface area contributed by atoms with Gasteiger partial charge in [0.05, 0.1) is 5.52 Å². The fourth-order valence-electron chi connectivity index (χ4n) is 2.21. The van der Waals surface area contributed by atoms with E-state index in [-0.39, 0.29) is 0 Å². The van der Waals surface area contributed by atoms with Crippen LogP contribution in [-0.4, -0.2) is 23.6 Å². The minimum atomic E-state index is 0.479. The summed E-state index contributed by atoms with van der Waals surface area (Å²) >= 11 is 3.66. The summed E-state index contributed by atoms with van der Waals surface area (Å²) in [6, 6.07) is 6.90. The van der Waals surface area contributed by atoms with Crippen LogP contribution in [0.2, 0.25) is 0 Å². The van der Waals surface area contributed by atoms with Crippen molar-refractivity contribution in [2.75, 3.05) is 14.1 Å². The molecular weight excluding hydrogens is 276 g/mol. The molecule has 0 aliphatic carbocycles. The third kappa shape index (κ3) is 2.40. The molecule has 0 N–H and O–H groups in total. The van der Waals surface area contributed by atoms with E-state index in [0.717, 1.165) is 6.54 Å². The first kappa shape index (κ1) is 12.7. The van der Waals surface area contributed by atoms with Crippen molar-refractivity contribution in [3.8, 4) is 0 Å². The van der Waals surface area contributed by atoms with Crippen LogP contribution >= 0.6 is 15.9 Å². The highest BCUT2D eigenvalue weighted by Crippen LogP contribution is 2.31. The van der Waals surface area contributed by atoms with Crippen LogP contribution < -0.4 is 0 Å². The molecule has 0 bridgehead atoms. The van der Waals surface area contributed by atoms with Crippen molar-refractivity contribution in [2.24, 2.45) is 0 Å². The number of hydrogen-bond acceptors (Lipinski definition) is 1. The van der Waals surface area contributed by atoms with E-state index < -0.39 is 0 Å². The molecule has 0 fully saturated rings. The molecule has 2 nitrogen and oxygen atoms in total. The summed E-state index contributed by atoms with van der Waals surface area (Å²) in [4.78, 5) is 2.21. The average Bonchev–Trinajstić information content (AvgIpc) is 2.58. The Hall–Kier alpha value is -0.800. The number of para-hydroxylation sites is 1. The zero-order chi connectivity index (χ0) is 12.6. The first-order valence-electron chi connectivity index (χ1n) is 5.93. The summed E-state index contributed by atoms with van der Waals surface area (Å²) in [6.07, 6.45) is 2.28. The number of rotatable bonds is 3. The van der Waals surface area contributed by atoms with Crippen molar-refractivity contribution >= 4 is 26.8 Å². The van der Waals surface area contributed by atoms with Gasteiger partial charge in [0.2, 0.25) is 0 Å². The summed E-state index contributed by atoms with van der Waals surface area (Å²) in [5.41, 5.74) is 2.69. The summed E-state index contributed by atoms with van der Waals surface area (Å²) < 4.78 is 3.52. The van der Waals surface area contributed by atoms with Crippen LogP contribution in [0.5, 0.6) is 0 Å². The second kappa shape index (κ2) is 4.83. The summed E-state index contributed by atoms with van der Waals surface area (Å²) in [6.45, 7) is 5.42. The SMILES string of the molecule is CC(C)n1cc(CN(C)C)c2cccc(Br)c21. The molecule has 0 saturated heterocycles. The highest BCUT2D eigenvalue weighted by Gasteiger charge is 2.13. The summed E-state index contributed by atoms with van der Waals surface area (Å²) in [5, 5.41) is 1.35. The molecule has 0 aliphatic heterocycles. The maximum atomic E-state index is 3.66. The van der Waals surface area contributed by atoms with Crippen LogP contribution in [0, 0.1) is 0 Å². The Bertz CT molecular complexity index is 526. The van der Waals surface area contributed by atoms with Gasteiger partial charge >= 0.3 is 0 Å². The summed E-state index contributed by atoms with van der Waals surface area (Å²) in [5.74, 6) is 0. The average molecular weight is 295 g/mol. The smallest absolute Gasteiger partial charge is 0.0630 e. The van der Waals surface area contributed by atoms with Crippen LogP contribution in [0.4, 0.5) is 0 Å². The van der Waals surface area contributed by atoms with Crippen LogP contribution in [0.3, 0.4) is 0 Å². The van der Waals surface area contributed by atoms with E-state index in [9.17, 15) is 0 Å². The highest BCUT2D eigenvalue weighted by molar-refractivity contribution is 9.10. The van der Waals surface area contributed by atoms with Crippen molar-refractivity contribution in [1.82, 2.24) is 9.47 Å². The zero-order valence-corrected chi connectivity index (χ0v) is 12.5. The lowest BCUT2D eigenvalue weighted by molar-refractivity contribution is 0.403. The minimum Gasteiger partial charge on any atom is -0.344 e. The number of hydrogen-bond donors (Lipinski definition) is 0. The molecule has 17 heavy (non-hydrogen) atoms. The monoisotopic (exact) mass is 294 g/mol. The molecule has 1 aromatic carbocycles. The molecule has 0 spiro atoms. The van der Waals surface area contributed by atoms with Gasteiger partial charge in [0.25, 0.3) is 0 Å². The van der Waals surface area contributed by atoms with Crippen LogP contribution in [0.25, 0.3) is 10.9 Å². The molecule has 1 aromatic heterocycles. The Labute approximate surface area is 111 Å². The molecule has 0 aliphatic rings. The van der Waals surface area contributed by atoms with Gasteiger partial charge in [-0.05, 0) is 55.5 Å². The Morgan fingerprint density at radius 2 is 2.00 bits per heavy atom. The van der Waals surface area contributed by atoms with Gasteiger partial charge < -0.3 is 9.47 Å². The fraction of sp³-hybridized carbons (Fsp3) is 0.429. The zero-order valence-electron chi connectivity index (χ0n) is 10.9. The van der Waals surface area contributed by atoms with E-state index in [1.807, 2.05) is 0 Å². The van der Waals surface area contributed by atoms with Crippen molar-refractivity contribution in [3.63, 3.8) is 0 Å². The third-order valence-electron chi connectivity index (χ3n) is 2.93. The minimum absolute atomic E-state index is 0.479. The lowest BCUT2D eigenvalue weighted by atomic mass is 10.2. The number of halogens is 1. The van der Waals surface area contributed by atoms with E-state index in [2.05, 4.69) is 77.7 Å². The van der Waals surface area contributed by atoms with Crippen molar-refractivity contribution < 1.29 is 0 Å². The number of aromatic nitrogens is 1. The van der Waals surface area contributed by atoms with Crippen LogP contribution in [0.1, 0.15) is 25.5 Å². The van der Waals surface area contributed by atoms with Crippen molar-refractivity contribution in [1.29, 1.82) is 0 Å². The maximum absolute atomic E-state index is 3.66. The highest BCUT2D eigenvalue weighted by atomic mass is 79.9. The Balaban J connectivity index is 2.66. The molecule has 0 atom stereocenters. The van der Waals surface area contributed by atoms with Gasteiger partial charge in [0, 0.05) is 28.6 Å². The Kier molecular flexibility index (Phi) is 3.59. The fourth-order valence-corrected chi connectivity index (χ4v) is 2.78. The van der Waals surface area contributed by atoms with Gasteiger partial charge in [-0.3, -0.25) is 0 Å². The second-order valence-corrected chi connectivity index (χ2v) is 5.88. The van der Waals surface area contributed by atoms with Gasteiger partial charge in [-0.1, -0.05) is 12.1 Å². The van der Waals surface area contributed by atoms with Gasteiger partial charge in [-0.25, -0.2) is 0 Å². The Morgan fingerprint density at radius 1 is 1.29 bits per heavy atom. The van der Waals surface area contributed by atoms with Crippen LogP contribution in [-0.2, 0) is 6.54 Å². The lowest BCUT2D eigenvalue weighted by Crippen LogP contribution is -2.10. The first-order valence-corrected chi connectivity index (χ1v) is 6.72. The summed E-state index contributed by atoms with van der Waals surface area (Å²) in [7, 11) is 4.22. The lowest BCUT2D eigenvalue weighted by Gasteiger charge is -2.10. The van der Waals surface area contributed by atoms with Crippen molar-refractivity contribution in [3.05, 3.63) is 34.4 Å². The predicted molar refractivity (Wildman–Crippen MR) is 77.4 cm³/mol. The number of benzene rings is 1. The van der Waals surface area contributed by atoms with Gasteiger partial charge in [0.1, 0.15) is 0 Å². The van der Waals surface area contributed by atoms with E-state index in [4.69, 9.17) is 0 Å². The number of fused-ring (bicyclic) bond motifs is 1. The molecule has 0 amide bonds. The molecule has 0 unspecified atom stereocenters. The molecule has 1 heterocycles. The Morgan fingerprint density at radius 3 is 2.59 bits per heavy atom. The topological polar surface area (TPSA) is 8.17 Å². The number of nitrogens with zero attached hydrogens (tertiary/aromatic N) is 2. The molecular formula is C14H19BrN2. The third-order valence-corrected chi connectivity index (χ3v) is 3.57. The molecule has 2 rings (SSSR count). The van der Waals surface area contributed by atoms with Gasteiger partial charge in [-0.15, -0.1) is 0 Å². The molecule has 0 saturated carbocycles. The maximum Gasteiger partial charge on any atom is 0.0630 e. The molecule has 2 aromatic rings. The van der Waals surface area contributed by atoms with Gasteiger partial charge in [0.15, 0.2) is 0 Å². The van der Waals surface area contributed by atoms with Gasteiger partial charge in [-0.2, -0.15) is 0 Å². The van der Waals surface area contributed by atoms with E-state index >= 15 is 0 Å². The van der Waals surface area contributed by atoms with E-state index in [1.54, 1.807) is 0 Å². The van der Waals surface area contributed by atoms with Crippen LogP contribution in [0.15, 0.2) is 28.9 Å². The predicted octanol–water partition coefficient (Wildman–Crippen LogP) is 4.05. The largest absolute Gasteiger partial charge is 0.344 e. The second-order valence-electron chi connectivity index (χ2n) is 5.03. The normalized spacial score (nSPS) is 11.9. The molecule has 3 heteroatoms. The molecule has 0 radical (unpaired) electrons. The standard InChI is InChI=1S/C14H19BrN2/c1-10(2)17-9-11(8-16(3)4)12-6-5-7-13(15)14(12)17/h5-7,9-10H,8H2,1-4H3. The molecule has 92 valence electrons. The van der Waals surface area contributed by atoms with E-state index in [1.165, 1.54) is 20.9 Å². The quantitative estimate of drug-likeness (QED) is 0.829.